The Kier molecular flexibility index (Phi) is 5.26. The molecule has 1 rings (SSSR count). The molecular weight excluding hydrogens is 239 g/mol. The van der Waals surface area contributed by atoms with E-state index in [1.165, 1.54) is 12.1 Å². The number of amides is 1. The van der Waals surface area contributed by atoms with Crippen LogP contribution in [0.4, 0.5) is 10.1 Å². The smallest absolute Gasteiger partial charge is 0.335 e. The monoisotopic (exact) mass is 254 g/mol. The highest BCUT2D eigenvalue weighted by molar-refractivity contribution is 5.92. The maximum Gasteiger partial charge on any atom is 0.335 e. The van der Waals surface area contributed by atoms with E-state index in [2.05, 4.69) is 10.6 Å². The van der Waals surface area contributed by atoms with Crippen LogP contribution in [0.25, 0.3) is 0 Å². The van der Waals surface area contributed by atoms with Crippen molar-refractivity contribution in [1.29, 1.82) is 0 Å². The molecule has 1 amide bonds. The third-order valence-electron chi connectivity index (χ3n) is 2.27. The zero-order valence-corrected chi connectivity index (χ0v) is 10.00. The molecule has 0 bridgehead atoms. The Morgan fingerprint density at radius 2 is 2.11 bits per heavy atom. The zero-order valence-electron chi connectivity index (χ0n) is 10.00. The zero-order chi connectivity index (χ0) is 13.5. The summed E-state index contributed by atoms with van der Waals surface area (Å²) in [5.41, 5.74) is -0.167. The van der Waals surface area contributed by atoms with E-state index in [0.717, 1.165) is 12.6 Å². The van der Waals surface area contributed by atoms with Gasteiger partial charge in [0.25, 0.3) is 0 Å². The first-order valence-corrected chi connectivity index (χ1v) is 5.58. The van der Waals surface area contributed by atoms with Gasteiger partial charge in [0.1, 0.15) is 5.82 Å². The molecule has 0 atom stereocenters. The van der Waals surface area contributed by atoms with Gasteiger partial charge in [0, 0.05) is 13.0 Å². The van der Waals surface area contributed by atoms with Gasteiger partial charge < -0.3 is 15.7 Å². The van der Waals surface area contributed by atoms with E-state index in [1.807, 2.05) is 6.92 Å². The molecule has 6 heteroatoms. The first-order valence-electron chi connectivity index (χ1n) is 5.58. The molecule has 0 spiro atoms. The van der Waals surface area contributed by atoms with Crippen molar-refractivity contribution in [3.8, 4) is 0 Å². The Morgan fingerprint density at radius 3 is 2.67 bits per heavy atom. The summed E-state index contributed by atoms with van der Waals surface area (Å²) in [6, 6.07) is 3.36. The number of rotatable bonds is 6. The number of halogens is 1. The van der Waals surface area contributed by atoms with Crippen molar-refractivity contribution in [1.82, 2.24) is 5.32 Å². The van der Waals surface area contributed by atoms with Crippen molar-refractivity contribution in [2.75, 3.05) is 18.4 Å². The molecule has 0 radical (unpaired) electrons. The van der Waals surface area contributed by atoms with E-state index in [1.54, 1.807) is 0 Å². The third-order valence-corrected chi connectivity index (χ3v) is 2.27. The summed E-state index contributed by atoms with van der Waals surface area (Å²) in [5.74, 6) is -2.29. The molecule has 0 heterocycles. The fourth-order valence-corrected chi connectivity index (χ4v) is 1.34. The van der Waals surface area contributed by atoms with Crippen LogP contribution in [-0.4, -0.2) is 30.1 Å². The van der Waals surface area contributed by atoms with Gasteiger partial charge >= 0.3 is 5.97 Å². The van der Waals surface area contributed by atoms with E-state index >= 15 is 0 Å². The molecule has 3 N–H and O–H groups in total. The van der Waals surface area contributed by atoms with Gasteiger partial charge in [-0.3, -0.25) is 4.79 Å². The van der Waals surface area contributed by atoms with Gasteiger partial charge in [0.2, 0.25) is 5.91 Å². The first kappa shape index (κ1) is 14.1. The largest absolute Gasteiger partial charge is 0.478 e. The van der Waals surface area contributed by atoms with Crippen molar-refractivity contribution in [2.45, 2.75) is 13.3 Å². The van der Waals surface area contributed by atoms with Crippen molar-refractivity contribution >= 4 is 17.6 Å². The number of nitrogens with one attached hydrogen (secondary N) is 2. The summed E-state index contributed by atoms with van der Waals surface area (Å²) >= 11 is 0. The van der Waals surface area contributed by atoms with Gasteiger partial charge in [-0.1, -0.05) is 6.92 Å². The summed E-state index contributed by atoms with van der Waals surface area (Å²) in [7, 11) is 0. The minimum atomic E-state index is -1.21. The number of benzene rings is 1. The highest BCUT2D eigenvalue weighted by atomic mass is 19.1. The Labute approximate surface area is 104 Å². The number of carbonyl (C=O) groups excluding carboxylic acids is 1. The van der Waals surface area contributed by atoms with Gasteiger partial charge in [0.15, 0.2) is 0 Å². The van der Waals surface area contributed by atoms with E-state index in [-0.39, 0.29) is 23.6 Å². The van der Waals surface area contributed by atoms with Crippen LogP contribution in [0.1, 0.15) is 23.7 Å². The third kappa shape index (κ3) is 4.14. The van der Waals surface area contributed by atoms with Gasteiger partial charge in [-0.15, -0.1) is 0 Å². The number of hydrogen-bond acceptors (Lipinski definition) is 3. The van der Waals surface area contributed by atoms with Gasteiger partial charge in [0.05, 0.1) is 11.3 Å². The van der Waals surface area contributed by atoms with Gasteiger partial charge in [-0.25, -0.2) is 9.18 Å². The number of carboxylic acids is 1. The summed E-state index contributed by atoms with van der Waals surface area (Å²) < 4.78 is 13.5. The molecule has 0 aliphatic carbocycles. The molecule has 1 aromatic rings. The van der Waals surface area contributed by atoms with Crippen LogP contribution in [0.5, 0.6) is 0 Å². The second-order valence-electron chi connectivity index (χ2n) is 3.65. The van der Waals surface area contributed by atoms with Crippen molar-refractivity contribution < 1.29 is 19.1 Å². The fraction of sp³-hybridized carbons (Fsp3) is 0.333. The standard InChI is InChI=1S/C12H15FN2O3/c1-2-14-6-5-11(16)15-10-4-3-8(12(17)18)7-9(10)13/h3-4,7,14H,2,5-6H2,1H3,(H,15,16)(H,17,18). The molecule has 0 aromatic heterocycles. The Bertz CT molecular complexity index is 449. The molecule has 5 nitrogen and oxygen atoms in total. The Balaban J connectivity index is 2.62. The highest BCUT2D eigenvalue weighted by Gasteiger charge is 2.10. The topological polar surface area (TPSA) is 78.4 Å². The molecular formula is C12H15FN2O3. The molecule has 0 aliphatic heterocycles. The first-order chi connectivity index (χ1) is 8.54. The van der Waals surface area contributed by atoms with Gasteiger partial charge in [-0.05, 0) is 24.7 Å². The second kappa shape index (κ2) is 6.70. The summed E-state index contributed by atoms with van der Waals surface area (Å²) in [6.07, 6.45) is 0.230. The van der Waals surface area contributed by atoms with Crippen molar-refractivity contribution in [3.05, 3.63) is 29.6 Å². The molecule has 18 heavy (non-hydrogen) atoms. The molecule has 0 fully saturated rings. The van der Waals surface area contributed by atoms with Crippen LogP contribution < -0.4 is 10.6 Å². The van der Waals surface area contributed by atoms with Crippen LogP contribution in [-0.2, 0) is 4.79 Å². The van der Waals surface area contributed by atoms with Crippen LogP contribution in [0, 0.1) is 5.82 Å². The van der Waals surface area contributed by atoms with Crippen LogP contribution in [0.3, 0.4) is 0 Å². The lowest BCUT2D eigenvalue weighted by atomic mass is 10.2. The summed E-state index contributed by atoms with van der Waals surface area (Å²) in [5, 5.41) is 14.0. The quantitative estimate of drug-likeness (QED) is 0.672. The van der Waals surface area contributed by atoms with Crippen LogP contribution in [0.15, 0.2) is 18.2 Å². The van der Waals surface area contributed by atoms with Crippen LogP contribution >= 0.6 is 0 Å². The summed E-state index contributed by atoms with van der Waals surface area (Å²) in [4.78, 5) is 22.0. The Morgan fingerprint density at radius 1 is 1.39 bits per heavy atom. The van der Waals surface area contributed by atoms with E-state index in [4.69, 9.17) is 5.11 Å². The minimum Gasteiger partial charge on any atom is -0.478 e. The lowest BCUT2D eigenvalue weighted by Gasteiger charge is -2.07. The average Bonchev–Trinajstić information content (AvgIpc) is 2.32. The molecule has 0 unspecified atom stereocenters. The number of carboxylic acid groups (broad SMARTS) is 1. The SMILES string of the molecule is CCNCCC(=O)Nc1ccc(C(=O)O)cc1F. The lowest BCUT2D eigenvalue weighted by molar-refractivity contribution is -0.116. The normalized spacial score (nSPS) is 10.1. The highest BCUT2D eigenvalue weighted by Crippen LogP contribution is 2.15. The van der Waals surface area contributed by atoms with Crippen molar-refractivity contribution in [2.24, 2.45) is 0 Å². The van der Waals surface area contributed by atoms with E-state index < -0.39 is 11.8 Å². The van der Waals surface area contributed by atoms with Crippen LogP contribution in [0.2, 0.25) is 0 Å². The molecule has 0 saturated heterocycles. The number of aromatic carboxylic acids is 1. The average molecular weight is 254 g/mol. The maximum absolute atomic E-state index is 13.5. The van der Waals surface area contributed by atoms with Crippen molar-refractivity contribution in [3.63, 3.8) is 0 Å². The lowest BCUT2D eigenvalue weighted by Crippen LogP contribution is -2.21. The predicted octanol–water partition coefficient (Wildman–Crippen LogP) is 1.46. The number of hydrogen-bond donors (Lipinski definition) is 3. The second-order valence-corrected chi connectivity index (χ2v) is 3.65. The molecule has 0 saturated carbocycles. The van der Waals surface area contributed by atoms with E-state index in [9.17, 15) is 14.0 Å². The fourth-order valence-electron chi connectivity index (χ4n) is 1.34. The minimum absolute atomic E-state index is 0.0125. The van der Waals surface area contributed by atoms with Gasteiger partial charge in [-0.2, -0.15) is 0 Å². The molecule has 98 valence electrons. The molecule has 1 aromatic carbocycles. The maximum atomic E-state index is 13.5. The predicted molar refractivity (Wildman–Crippen MR) is 65.1 cm³/mol. The summed E-state index contributed by atoms with van der Waals surface area (Å²) in [6.45, 7) is 3.19. The Hall–Kier alpha value is -1.95. The molecule has 0 aliphatic rings. The number of carbonyl (C=O) groups is 2. The number of anilines is 1. The van der Waals surface area contributed by atoms with E-state index in [0.29, 0.717) is 6.54 Å².